The van der Waals surface area contributed by atoms with Gasteiger partial charge < -0.3 is 4.74 Å². The maximum atomic E-state index is 14.2. The molecule has 1 aliphatic heterocycles. The van der Waals surface area contributed by atoms with Gasteiger partial charge in [0.2, 0.25) is 10.0 Å². The van der Waals surface area contributed by atoms with E-state index in [0.717, 1.165) is 29.1 Å². The number of nitrogens with zero attached hydrogens (tertiary/aromatic N) is 1. The van der Waals surface area contributed by atoms with Crippen molar-refractivity contribution in [2.75, 3.05) is 19.7 Å². The number of rotatable bonds is 6. The highest BCUT2D eigenvalue weighted by Gasteiger charge is 2.29. The number of carbonyl (C=O) groups excluding carboxylic acids is 2. The van der Waals surface area contributed by atoms with Crippen LogP contribution in [0.25, 0.3) is 0 Å². The molecule has 1 aliphatic rings. The van der Waals surface area contributed by atoms with E-state index in [-0.39, 0.29) is 5.56 Å². The molecule has 9 heteroatoms. The van der Waals surface area contributed by atoms with Gasteiger partial charge in [-0.15, -0.1) is 0 Å². The lowest BCUT2D eigenvalue weighted by Crippen LogP contribution is -2.36. The lowest BCUT2D eigenvalue weighted by Gasteiger charge is -2.26. The van der Waals surface area contributed by atoms with E-state index < -0.39 is 39.1 Å². The lowest BCUT2D eigenvalue weighted by atomic mass is 10.1. The van der Waals surface area contributed by atoms with Gasteiger partial charge >= 0.3 is 5.97 Å². The first-order valence-electron chi connectivity index (χ1n) is 9.04. The van der Waals surface area contributed by atoms with Crippen LogP contribution in [0.1, 0.15) is 40.0 Å². The van der Waals surface area contributed by atoms with E-state index in [9.17, 15) is 22.4 Å². The summed E-state index contributed by atoms with van der Waals surface area (Å²) in [5.74, 6) is -2.24. The Balaban J connectivity index is 1.73. The van der Waals surface area contributed by atoms with E-state index in [1.54, 1.807) is 24.3 Å². The minimum Gasteiger partial charge on any atom is -0.454 e. The van der Waals surface area contributed by atoms with Crippen LogP contribution in [0.15, 0.2) is 51.8 Å². The Bertz CT molecular complexity index is 1020. The first-order valence-corrected chi connectivity index (χ1v) is 11.3. The normalized spacial score (nSPS) is 15.1. The lowest BCUT2D eigenvalue weighted by molar-refractivity contribution is 0.0474. The topological polar surface area (TPSA) is 80.8 Å². The summed E-state index contributed by atoms with van der Waals surface area (Å²) in [5.41, 5.74) is 0.235. The van der Waals surface area contributed by atoms with Crippen LogP contribution in [0.4, 0.5) is 4.39 Å². The predicted molar refractivity (Wildman–Crippen MR) is 108 cm³/mol. The van der Waals surface area contributed by atoms with Crippen molar-refractivity contribution in [1.82, 2.24) is 4.31 Å². The minimum atomic E-state index is -4.05. The number of hydrogen-bond acceptors (Lipinski definition) is 5. The van der Waals surface area contributed by atoms with Gasteiger partial charge in [-0.2, -0.15) is 4.31 Å². The minimum absolute atomic E-state index is 0.134. The van der Waals surface area contributed by atoms with E-state index in [4.69, 9.17) is 4.74 Å². The highest BCUT2D eigenvalue weighted by molar-refractivity contribution is 9.10. The fourth-order valence-corrected chi connectivity index (χ4v) is 4.88. The average Bonchev–Trinajstić information content (AvgIpc) is 2.73. The maximum Gasteiger partial charge on any atom is 0.338 e. The van der Waals surface area contributed by atoms with Crippen LogP contribution in [0.2, 0.25) is 0 Å². The molecule has 1 heterocycles. The van der Waals surface area contributed by atoms with Gasteiger partial charge in [0.15, 0.2) is 12.4 Å². The van der Waals surface area contributed by atoms with Crippen LogP contribution >= 0.6 is 15.9 Å². The molecule has 0 amide bonds. The number of sulfonamides is 1. The molecular weight excluding hydrogens is 465 g/mol. The smallest absolute Gasteiger partial charge is 0.338 e. The SMILES string of the molecule is O=C(COC(=O)c1ccc(F)c(S(=O)(=O)N2CCCCC2)c1)c1ccc(Br)cc1. The molecule has 2 aromatic carbocycles. The van der Waals surface area contributed by atoms with E-state index in [1.807, 2.05) is 0 Å². The van der Waals surface area contributed by atoms with Crippen molar-refractivity contribution in [3.8, 4) is 0 Å². The Morgan fingerprint density at radius 3 is 2.28 bits per heavy atom. The molecule has 0 radical (unpaired) electrons. The summed E-state index contributed by atoms with van der Waals surface area (Å²) in [7, 11) is -4.05. The third-order valence-electron chi connectivity index (χ3n) is 4.60. The molecule has 1 saturated heterocycles. The van der Waals surface area contributed by atoms with Crippen molar-refractivity contribution in [3.05, 3.63) is 63.9 Å². The Kier molecular flexibility index (Phi) is 6.81. The molecule has 1 fully saturated rings. The Hall–Kier alpha value is -2.10. The maximum absolute atomic E-state index is 14.2. The molecule has 0 unspecified atom stereocenters. The third-order valence-corrected chi connectivity index (χ3v) is 7.04. The Morgan fingerprint density at radius 1 is 1.00 bits per heavy atom. The first kappa shape index (κ1) is 21.6. The summed E-state index contributed by atoms with van der Waals surface area (Å²) in [6.07, 6.45) is 2.34. The largest absolute Gasteiger partial charge is 0.454 e. The summed E-state index contributed by atoms with van der Waals surface area (Å²) in [5, 5.41) is 0. The second-order valence-corrected chi connectivity index (χ2v) is 9.44. The number of ketones is 1. The summed E-state index contributed by atoms with van der Waals surface area (Å²) >= 11 is 3.26. The summed E-state index contributed by atoms with van der Waals surface area (Å²) in [6, 6.07) is 9.56. The van der Waals surface area contributed by atoms with Gasteiger partial charge in [-0.1, -0.05) is 34.5 Å². The van der Waals surface area contributed by atoms with Crippen LogP contribution in [0.3, 0.4) is 0 Å². The van der Waals surface area contributed by atoms with Gasteiger partial charge in [-0.3, -0.25) is 4.79 Å². The molecule has 0 aromatic heterocycles. The van der Waals surface area contributed by atoms with Gasteiger partial charge in [0, 0.05) is 23.1 Å². The van der Waals surface area contributed by atoms with Crippen LogP contribution in [0, 0.1) is 5.82 Å². The molecule has 0 aliphatic carbocycles. The van der Waals surface area contributed by atoms with Crippen molar-refractivity contribution in [1.29, 1.82) is 0 Å². The van der Waals surface area contributed by atoms with E-state index in [0.29, 0.717) is 31.5 Å². The number of benzene rings is 2. The number of piperidine rings is 1. The van der Waals surface area contributed by atoms with Crippen molar-refractivity contribution in [2.24, 2.45) is 0 Å². The quantitative estimate of drug-likeness (QED) is 0.460. The second kappa shape index (κ2) is 9.15. The summed E-state index contributed by atoms with van der Waals surface area (Å²) < 4.78 is 46.7. The highest BCUT2D eigenvalue weighted by Crippen LogP contribution is 2.24. The molecule has 154 valence electrons. The van der Waals surface area contributed by atoms with Gasteiger partial charge in [-0.25, -0.2) is 17.6 Å². The number of hydrogen-bond donors (Lipinski definition) is 0. The molecule has 29 heavy (non-hydrogen) atoms. The van der Waals surface area contributed by atoms with Gasteiger partial charge in [0.1, 0.15) is 10.7 Å². The van der Waals surface area contributed by atoms with E-state index >= 15 is 0 Å². The number of halogens is 2. The van der Waals surface area contributed by atoms with Crippen molar-refractivity contribution in [2.45, 2.75) is 24.2 Å². The van der Waals surface area contributed by atoms with Crippen molar-refractivity contribution >= 4 is 37.7 Å². The monoisotopic (exact) mass is 483 g/mol. The fraction of sp³-hybridized carbons (Fsp3) is 0.300. The Morgan fingerprint density at radius 2 is 1.62 bits per heavy atom. The molecule has 3 rings (SSSR count). The molecule has 2 aromatic rings. The molecule has 0 bridgehead atoms. The number of esters is 1. The zero-order chi connectivity index (χ0) is 21.0. The van der Waals surface area contributed by atoms with Crippen LogP contribution in [0.5, 0.6) is 0 Å². The van der Waals surface area contributed by atoms with Crippen LogP contribution < -0.4 is 0 Å². The van der Waals surface area contributed by atoms with Gasteiger partial charge in [-0.05, 0) is 43.2 Å². The number of carbonyl (C=O) groups is 2. The molecule has 0 saturated carbocycles. The summed E-state index contributed by atoms with van der Waals surface area (Å²) in [6.45, 7) is 0.127. The molecule has 6 nitrogen and oxygen atoms in total. The van der Waals surface area contributed by atoms with Crippen molar-refractivity contribution < 1.29 is 27.1 Å². The number of Topliss-reactive ketones (excluding diaryl/α,β-unsaturated/α-hetero) is 1. The fourth-order valence-electron chi connectivity index (χ4n) is 3.01. The molecule has 0 atom stereocenters. The second-order valence-electron chi connectivity index (χ2n) is 6.62. The third kappa shape index (κ3) is 5.09. The van der Waals surface area contributed by atoms with Crippen LogP contribution in [-0.4, -0.2) is 44.2 Å². The molecule has 0 N–H and O–H groups in total. The van der Waals surface area contributed by atoms with Crippen molar-refractivity contribution in [3.63, 3.8) is 0 Å². The van der Waals surface area contributed by atoms with Gasteiger partial charge in [0.05, 0.1) is 5.56 Å². The zero-order valence-electron chi connectivity index (χ0n) is 15.4. The number of ether oxygens (including phenoxy) is 1. The zero-order valence-corrected chi connectivity index (χ0v) is 17.8. The predicted octanol–water partition coefficient (Wildman–Crippen LogP) is 3.80. The molecule has 0 spiro atoms. The molecular formula is C20H19BrFNO5S. The summed E-state index contributed by atoms with van der Waals surface area (Å²) in [4.78, 5) is 23.9. The average molecular weight is 484 g/mol. The Labute approximate surface area is 176 Å². The van der Waals surface area contributed by atoms with Crippen LogP contribution in [-0.2, 0) is 14.8 Å². The highest BCUT2D eigenvalue weighted by atomic mass is 79.9. The standard InChI is InChI=1S/C20H19BrFNO5S/c21-16-7-4-14(5-8-16)18(24)13-28-20(25)15-6-9-17(22)19(12-15)29(26,27)23-10-2-1-3-11-23/h4-9,12H,1-3,10-11,13H2. The van der Waals surface area contributed by atoms with E-state index in [2.05, 4.69) is 15.9 Å². The first-order chi connectivity index (χ1) is 13.8. The van der Waals surface area contributed by atoms with Gasteiger partial charge in [0.25, 0.3) is 0 Å². The van der Waals surface area contributed by atoms with E-state index in [1.165, 1.54) is 4.31 Å².